The predicted octanol–water partition coefficient (Wildman–Crippen LogP) is 2.74. The zero-order chi connectivity index (χ0) is 12.4. The lowest BCUT2D eigenvalue weighted by Crippen LogP contribution is -2.23. The van der Waals surface area contributed by atoms with E-state index >= 15 is 0 Å². The second kappa shape index (κ2) is 4.53. The van der Waals surface area contributed by atoms with E-state index < -0.39 is 0 Å². The Morgan fingerprint density at radius 3 is 2.56 bits per heavy atom. The van der Waals surface area contributed by atoms with Crippen molar-refractivity contribution in [2.45, 2.75) is 13.2 Å². The lowest BCUT2D eigenvalue weighted by Gasteiger charge is -2.25. The summed E-state index contributed by atoms with van der Waals surface area (Å²) in [4.78, 5) is 12.9. The highest BCUT2D eigenvalue weighted by Gasteiger charge is 2.16. The van der Waals surface area contributed by atoms with Crippen LogP contribution in [0.1, 0.15) is 11.1 Å². The molecule has 3 rings (SSSR count). The van der Waals surface area contributed by atoms with Crippen molar-refractivity contribution in [1.82, 2.24) is 0 Å². The Labute approximate surface area is 106 Å². The molecule has 1 aliphatic heterocycles. The number of carbonyl (C=O) groups excluding carboxylic acids is 1. The van der Waals surface area contributed by atoms with E-state index in [0.717, 1.165) is 29.0 Å². The zero-order valence-corrected chi connectivity index (χ0v) is 9.87. The first kappa shape index (κ1) is 10.8. The number of carbonyl (C=O) groups is 1. The van der Waals surface area contributed by atoms with Gasteiger partial charge in [0.05, 0.1) is 12.2 Å². The number of rotatable bonds is 1. The molecule has 0 unspecified atom stereocenters. The zero-order valence-electron chi connectivity index (χ0n) is 9.87. The van der Waals surface area contributed by atoms with Gasteiger partial charge >= 0.3 is 0 Å². The molecule has 0 atom stereocenters. The van der Waals surface area contributed by atoms with Crippen LogP contribution in [0.4, 0.5) is 5.69 Å². The largest absolute Gasteiger partial charge is 0.487 e. The topological polar surface area (TPSA) is 29.5 Å². The van der Waals surface area contributed by atoms with Crippen LogP contribution in [0.5, 0.6) is 5.75 Å². The van der Waals surface area contributed by atoms with E-state index in [1.807, 2.05) is 48.5 Å². The molecule has 1 amide bonds. The predicted molar refractivity (Wildman–Crippen MR) is 69.5 cm³/mol. The maximum absolute atomic E-state index is 11.3. The number of hydrogen-bond donors (Lipinski definition) is 0. The van der Waals surface area contributed by atoms with Crippen LogP contribution in [0.15, 0.2) is 48.5 Å². The minimum absolute atomic E-state index is 0.542. The molecule has 1 aliphatic rings. The lowest BCUT2D eigenvalue weighted by atomic mass is 10.1. The number of fused-ring (bicyclic) bond motifs is 2. The second-order valence-electron chi connectivity index (χ2n) is 4.26. The molecular formula is C15H13NO2. The number of nitrogens with zero attached hydrogens (tertiary/aromatic N) is 1. The van der Waals surface area contributed by atoms with Gasteiger partial charge in [-0.1, -0.05) is 36.4 Å². The standard InChI is InChI=1S/C15H13NO2/c17-11-16-9-12-5-1-2-6-13(12)10-18-15-8-4-3-7-14(15)16/h1-8,11H,9-10H2. The van der Waals surface area contributed by atoms with Crippen molar-refractivity contribution in [2.24, 2.45) is 0 Å². The second-order valence-corrected chi connectivity index (χ2v) is 4.26. The SMILES string of the molecule is O=CN1Cc2ccccc2COc2ccccc21. The van der Waals surface area contributed by atoms with Crippen molar-refractivity contribution in [1.29, 1.82) is 0 Å². The maximum atomic E-state index is 11.3. The number of para-hydroxylation sites is 2. The van der Waals surface area contributed by atoms with Gasteiger partial charge in [-0.25, -0.2) is 0 Å². The molecule has 90 valence electrons. The fraction of sp³-hybridized carbons (Fsp3) is 0.133. The molecule has 0 fully saturated rings. The first-order valence-corrected chi connectivity index (χ1v) is 5.89. The summed E-state index contributed by atoms with van der Waals surface area (Å²) in [6.07, 6.45) is 0.851. The lowest BCUT2D eigenvalue weighted by molar-refractivity contribution is -0.107. The third-order valence-electron chi connectivity index (χ3n) is 3.14. The van der Waals surface area contributed by atoms with Gasteiger partial charge in [0.15, 0.2) is 0 Å². The highest BCUT2D eigenvalue weighted by molar-refractivity contribution is 5.79. The van der Waals surface area contributed by atoms with Crippen LogP contribution >= 0.6 is 0 Å². The molecule has 0 bridgehead atoms. The molecule has 18 heavy (non-hydrogen) atoms. The Bertz CT molecular complexity index is 580. The molecule has 3 heteroatoms. The third-order valence-corrected chi connectivity index (χ3v) is 3.14. The Hall–Kier alpha value is -2.29. The van der Waals surface area contributed by atoms with E-state index in [1.165, 1.54) is 0 Å². The Morgan fingerprint density at radius 2 is 1.72 bits per heavy atom. The van der Waals surface area contributed by atoms with Gasteiger partial charge in [-0.3, -0.25) is 4.79 Å². The van der Waals surface area contributed by atoms with Gasteiger partial charge in [0.1, 0.15) is 12.4 Å². The molecule has 0 N–H and O–H groups in total. The quantitative estimate of drug-likeness (QED) is 0.716. The van der Waals surface area contributed by atoms with Gasteiger partial charge < -0.3 is 9.64 Å². The Morgan fingerprint density at radius 1 is 1.00 bits per heavy atom. The number of hydrogen-bond acceptors (Lipinski definition) is 2. The van der Waals surface area contributed by atoms with E-state index in [1.54, 1.807) is 4.90 Å². The monoisotopic (exact) mass is 239 g/mol. The molecule has 0 aromatic heterocycles. The minimum atomic E-state index is 0.542. The van der Waals surface area contributed by atoms with Crippen LogP contribution in [-0.4, -0.2) is 6.41 Å². The van der Waals surface area contributed by atoms with Gasteiger partial charge in [-0.2, -0.15) is 0 Å². The summed E-state index contributed by atoms with van der Waals surface area (Å²) in [5.41, 5.74) is 3.07. The van der Waals surface area contributed by atoms with Crippen LogP contribution < -0.4 is 9.64 Å². The van der Waals surface area contributed by atoms with Crippen LogP contribution in [0.2, 0.25) is 0 Å². The van der Waals surface area contributed by atoms with Crippen molar-refractivity contribution < 1.29 is 9.53 Å². The van der Waals surface area contributed by atoms with E-state index in [-0.39, 0.29) is 0 Å². The summed E-state index contributed by atoms with van der Waals surface area (Å²) in [7, 11) is 0. The molecule has 1 heterocycles. The van der Waals surface area contributed by atoms with E-state index in [0.29, 0.717) is 13.2 Å². The first-order chi connectivity index (χ1) is 8.88. The third kappa shape index (κ3) is 1.84. The molecule has 0 spiro atoms. The summed E-state index contributed by atoms with van der Waals surface area (Å²) >= 11 is 0. The van der Waals surface area contributed by atoms with Crippen molar-refractivity contribution >= 4 is 12.1 Å². The smallest absolute Gasteiger partial charge is 0.214 e. The average molecular weight is 239 g/mol. The Kier molecular flexibility index (Phi) is 2.73. The summed E-state index contributed by atoms with van der Waals surface area (Å²) in [5.74, 6) is 0.749. The molecule has 0 aliphatic carbocycles. The highest BCUT2D eigenvalue weighted by Crippen LogP contribution is 2.31. The van der Waals surface area contributed by atoms with Gasteiger partial charge in [0.2, 0.25) is 6.41 Å². The highest BCUT2D eigenvalue weighted by atomic mass is 16.5. The molecule has 0 radical (unpaired) electrons. The first-order valence-electron chi connectivity index (χ1n) is 5.89. The van der Waals surface area contributed by atoms with E-state index in [9.17, 15) is 4.79 Å². The molecular weight excluding hydrogens is 226 g/mol. The normalized spacial score (nSPS) is 13.7. The molecule has 0 saturated carbocycles. The van der Waals surface area contributed by atoms with Crippen molar-refractivity contribution in [3.8, 4) is 5.75 Å². The number of ether oxygens (including phenoxy) is 1. The van der Waals surface area contributed by atoms with Gasteiger partial charge in [0, 0.05) is 0 Å². The summed E-state index contributed by atoms with van der Waals surface area (Å²) in [5, 5.41) is 0. The minimum Gasteiger partial charge on any atom is -0.487 e. The molecule has 2 aromatic rings. The van der Waals surface area contributed by atoms with Crippen LogP contribution in [-0.2, 0) is 17.9 Å². The van der Waals surface area contributed by atoms with Crippen molar-refractivity contribution in [3.05, 3.63) is 59.7 Å². The summed E-state index contributed by atoms with van der Waals surface area (Å²) < 4.78 is 5.79. The van der Waals surface area contributed by atoms with Crippen molar-refractivity contribution in [3.63, 3.8) is 0 Å². The van der Waals surface area contributed by atoms with Crippen LogP contribution in [0.3, 0.4) is 0 Å². The molecule has 0 saturated heterocycles. The Balaban J connectivity index is 2.07. The number of anilines is 1. The fourth-order valence-electron chi connectivity index (χ4n) is 2.19. The van der Waals surface area contributed by atoms with Gasteiger partial charge in [0.25, 0.3) is 0 Å². The van der Waals surface area contributed by atoms with Gasteiger partial charge in [-0.15, -0.1) is 0 Å². The summed E-state index contributed by atoms with van der Waals surface area (Å²) in [6, 6.07) is 15.6. The number of benzene rings is 2. The molecule has 3 nitrogen and oxygen atoms in total. The summed E-state index contributed by atoms with van der Waals surface area (Å²) in [6.45, 7) is 1.12. The van der Waals surface area contributed by atoms with Crippen LogP contribution in [0, 0.1) is 0 Å². The van der Waals surface area contributed by atoms with Crippen LogP contribution in [0.25, 0.3) is 0 Å². The average Bonchev–Trinajstić information content (AvgIpc) is 2.41. The van der Waals surface area contributed by atoms with Gasteiger partial charge in [-0.05, 0) is 23.3 Å². The number of amides is 1. The molecule has 2 aromatic carbocycles. The van der Waals surface area contributed by atoms with E-state index in [2.05, 4.69) is 0 Å². The van der Waals surface area contributed by atoms with Crippen molar-refractivity contribution in [2.75, 3.05) is 4.90 Å². The fourth-order valence-corrected chi connectivity index (χ4v) is 2.19. The van der Waals surface area contributed by atoms with E-state index in [4.69, 9.17) is 4.74 Å². The maximum Gasteiger partial charge on any atom is 0.214 e.